The second kappa shape index (κ2) is 3.64. The third-order valence-corrected chi connectivity index (χ3v) is 2.21. The van der Waals surface area contributed by atoms with Gasteiger partial charge in [0.05, 0.1) is 17.0 Å². The summed E-state index contributed by atoms with van der Waals surface area (Å²) < 4.78 is 1.71. The van der Waals surface area contributed by atoms with Gasteiger partial charge >= 0.3 is 0 Å². The first-order chi connectivity index (χ1) is 6.83. The van der Waals surface area contributed by atoms with Crippen LogP contribution in [-0.4, -0.2) is 15.8 Å². The van der Waals surface area contributed by atoms with E-state index in [0.717, 1.165) is 6.29 Å². The minimum atomic E-state index is 0.535. The molecule has 0 aliphatic carbocycles. The van der Waals surface area contributed by atoms with Crippen LogP contribution >= 0.6 is 11.6 Å². The van der Waals surface area contributed by atoms with E-state index in [1.54, 1.807) is 41.5 Å². The molecule has 0 atom stereocenters. The Morgan fingerprint density at radius 1 is 1.43 bits per heavy atom. The third-order valence-electron chi connectivity index (χ3n) is 1.91. The van der Waals surface area contributed by atoms with Crippen LogP contribution < -0.4 is 0 Å². The van der Waals surface area contributed by atoms with E-state index in [4.69, 9.17) is 11.6 Å². The standard InChI is InChI=1S/C10H7ClN2O/c11-9-3-1-2-8(6-14)10(9)13-5-4-12-7-13/h1-7H. The number of carbonyl (C=O) groups is 1. The predicted octanol–water partition coefficient (Wildman–Crippen LogP) is 2.34. The highest BCUT2D eigenvalue weighted by Crippen LogP contribution is 2.22. The zero-order chi connectivity index (χ0) is 9.97. The van der Waals surface area contributed by atoms with Gasteiger partial charge in [-0.25, -0.2) is 4.98 Å². The first kappa shape index (κ1) is 8.97. The van der Waals surface area contributed by atoms with Crippen LogP contribution in [0.15, 0.2) is 36.9 Å². The lowest BCUT2D eigenvalue weighted by molar-refractivity contribution is 0.112. The minimum Gasteiger partial charge on any atom is -0.304 e. The maximum absolute atomic E-state index is 10.8. The van der Waals surface area contributed by atoms with Gasteiger partial charge in [-0.1, -0.05) is 17.7 Å². The van der Waals surface area contributed by atoms with Crippen molar-refractivity contribution in [3.8, 4) is 5.69 Å². The van der Waals surface area contributed by atoms with E-state index in [2.05, 4.69) is 4.98 Å². The van der Waals surface area contributed by atoms with Crippen LogP contribution in [0.2, 0.25) is 5.02 Å². The van der Waals surface area contributed by atoms with E-state index < -0.39 is 0 Å². The highest BCUT2D eigenvalue weighted by molar-refractivity contribution is 6.32. The first-order valence-electron chi connectivity index (χ1n) is 4.05. The van der Waals surface area contributed by atoms with Crippen molar-refractivity contribution in [2.24, 2.45) is 0 Å². The van der Waals surface area contributed by atoms with Gasteiger partial charge < -0.3 is 4.57 Å². The lowest BCUT2D eigenvalue weighted by Crippen LogP contribution is -1.97. The lowest BCUT2D eigenvalue weighted by atomic mass is 10.2. The highest BCUT2D eigenvalue weighted by Gasteiger charge is 2.07. The molecular weight excluding hydrogens is 200 g/mol. The van der Waals surface area contributed by atoms with Gasteiger partial charge in [-0.15, -0.1) is 0 Å². The molecule has 1 heterocycles. The molecule has 0 saturated heterocycles. The van der Waals surface area contributed by atoms with Crippen molar-refractivity contribution in [1.29, 1.82) is 0 Å². The van der Waals surface area contributed by atoms with Crippen LogP contribution in [0.5, 0.6) is 0 Å². The molecule has 0 radical (unpaired) electrons. The summed E-state index contributed by atoms with van der Waals surface area (Å²) in [5, 5.41) is 0.535. The smallest absolute Gasteiger partial charge is 0.152 e. The molecular formula is C10H7ClN2O. The second-order valence-electron chi connectivity index (χ2n) is 2.77. The summed E-state index contributed by atoms with van der Waals surface area (Å²) in [4.78, 5) is 14.7. The van der Waals surface area contributed by atoms with Crippen molar-refractivity contribution in [3.05, 3.63) is 47.5 Å². The van der Waals surface area contributed by atoms with Gasteiger partial charge in [-0.3, -0.25) is 4.79 Å². The van der Waals surface area contributed by atoms with Crippen molar-refractivity contribution in [2.75, 3.05) is 0 Å². The van der Waals surface area contributed by atoms with Gasteiger partial charge in [-0.2, -0.15) is 0 Å². The maximum Gasteiger partial charge on any atom is 0.152 e. The van der Waals surface area contributed by atoms with Gasteiger partial charge in [0.1, 0.15) is 0 Å². The number of hydrogen-bond acceptors (Lipinski definition) is 2. The summed E-state index contributed by atoms with van der Waals surface area (Å²) >= 11 is 5.99. The maximum atomic E-state index is 10.8. The molecule has 1 aromatic carbocycles. The van der Waals surface area contributed by atoms with E-state index >= 15 is 0 Å². The molecule has 2 aromatic rings. The minimum absolute atomic E-state index is 0.535. The van der Waals surface area contributed by atoms with E-state index in [9.17, 15) is 4.79 Å². The first-order valence-corrected chi connectivity index (χ1v) is 4.43. The zero-order valence-electron chi connectivity index (χ0n) is 7.22. The van der Waals surface area contributed by atoms with Crippen molar-refractivity contribution in [1.82, 2.24) is 9.55 Å². The molecule has 0 spiro atoms. The van der Waals surface area contributed by atoms with E-state index in [1.807, 2.05) is 0 Å². The molecule has 0 bridgehead atoms. The number of para-hydroxylation sites is 1. The highest BCUT2D eigenvalue weighted by atomic mass is 35.5. The van der Waals surface area contributed by atoms with Crippen LogP contribution in [0.4, 0.5) is 0 Å². The topological polar surface area (TPSA) is 34.9 Å². The summed E-state index contributed by atoms with van der Waals surface area (Å²) in [7, 11) is 0. The number of halogens is 1. The Morgan fingerprint density at radius 3 is 2.93 bits per heavy atom. The van der Waals surface area contributed by atoms with Crippen LogP contribution in [0.3, 0.4) is 0 Å². The molecule has 3 nitrogen and oxygen atoms in total. The van der Waals surface area contributed by atoms with Gasteiger partial charge in [0.2, 0.25) is 0 Å². The SMILES string of the molecule is O=Cc1cccc(Cl)c1-n1ccnc1. The molecule has 14 heavy (non-hydrogen) atoms. The average molecular weight is 207 g/mol. The Bertz CT molecular complexity index is 451. The molecule has 0 N–H and O–H groups in total. The van der Waals surface area contributed by atoms with Crippen LogP contribution in [-0.2, 0) is 0 Å². The fraction of sp³-hybridized carbons (Fsp3) is 0. The number of carbonyl (C=O) groups excluding carboxylic acids is 1. The van der Waals surface area contributed by atoms with E-state index in [-0.39, 0.29) is 0 Å². The van der Waals surface area contributed by atoms with Gasteiger partial charge in [0.25, 0.3) is 0 Å². The molecule has 0 aliphatic rings. The number of nitrogens with zero attached hydrogens (tertiary/aromatic N) is 2. The molecule has 0 unspecified atom stereocenters. The number of benzene rings is 1. The summed E-state index contributed by atoms with van der Waals surface area (Å²) in [6.07, 6.45) is 5.77. The molecule has 70 valence electrons. The summed E-state index contributed by atoms with van der Waals surface area (Å²) in [6, 6.07) is 5.20. The second-order valence-corrected chi connectivity index (χ2v) is 3.17. The van der Waals surface area contributed by atoms with Gasteiger partial charge in [0.15, 0.2) is 6.29 Å². The molecule has 0 saturated carbocycles. The van der Waals surface area contributed by atoms with Crippen LogP contribution in [0, 0.1) is 0 Å². The van der Waals surface area contributed by atoms with Gasteiger partial charge in [-0.05, 0) is 12.1 Å². The Kier molecular flexibility index (Phi) is 2.33. The molecule has 0 fully saturated rings. The van der Waals surface area contributed by atoms with Crippen molar-refractivity contribution < 1.29 is 4.79 Å². The third kappa shape index (κ3) is 1.42. The fourth-order valence-electron chi connectivity index (χ4n) is 1.29. The summed E-state index contributed by atoms with van der Waals surface area (Å²) in [5.74, 6) is 0. The van der Waals surface area contributed by atoms with Crippen LogP contribution in [0.1, 0.15) is 10.4 Å². The average Bonchev–Trinajstić information content (AvgIpc) is 2.70. The Morgan fingerprint density at radius 2 is 2.29 bits per heavy atom. The van der Waals surface area contributed by atoms with E-state index in [1.165, 1.54) is 0 Å². The monoisotopic (exact) mass is 206 g/mol. The van der Waals surface area contributed by atoms with Gasteiger partial charge in [0, 0.05) is 18.0 Å². The number of hydrogen-bond donors (Lipinski definition) is 0. The molecule has 4 heteroatoms. The Hall–Kier alpha value is -1.61. The van der Waals surface area contributed by atoms with Crippen molar-refractivity contribution >= 4 is 17.9 Å². The zero-order valence-corrected chi connectivity index (χ0v) is 7.98. The molecule has 1 aromatic heterocycles. The molecule has 2 rings (SSSR count). The number of aldehydes is 1. The quantitative estimate of drug-likeness (QED) is 0.707. The number of aromatic nitrogens is 2. The van der Waals surface area contributed by atoms with E-state index in [0.29, 0.717) is 16.3 Å². The normalized spacial score (nSPS) is 10.1. The fourth-order valence-corrected chi connectivity index (χ4v) is 1.57. The number of imidazole rings is 1. The Labute approximate surface area is 86.0 Å². The van der Waals surface area contributed by atoms with Crippen molar-refractivity contribution in [3.63, 3.8) is 0 Å². The number of rotatable bonds is 2. The van der Waals surface area contributed by atoms with Crippen molar-refractivity contribution in [2.45, 2.75) is 0 Å². The predicted molar refractivity (Wildman–Crippen MR) is 54.0 cm³/mol. The molecule has 0 aliphatic heterocycles. The Balaban J connectivity index is 2.67. The lowest BCUT2D eigenvalue weighted by Gasteiger charge is -2.06. The summed E-state index contributed by atoms with van der Waals surface area (Å²) in [5.41, 5.74) is 1.22. The largest absolute Gasteiger partial charge is 0.304 e. The molecule has 0 amide bonds. The summed E-state index contributed by atoms with van der Waals surface area (Å²) in [6.45, 7) is 0. The van der Waals surface area contributed by atoms with Crippen LogP contribution in [0.25, 0.3) is 5.69 Å².